The molecule has 0 bridgehead atoms. The summed E-state index contributed by atoms with van der Waals surface area (Å²) in [5, 5.41) is 8.83. The van der Waals surface area contributed by atoms with Crippen molar-refractivity contribution in [2.24, 2.45) is 17.2 Å². The lowest BCUT2D eigenvalue weighted by atomic mass is 10.1. The van der Waals surface area contributed by atoms with Gasteiger partial charge in [0, 0.05) is 12.1 Å². The van der Waals surface area contributed by atoms with Crippen molar-refractivity contribution < 1.29 is 28.2 Å². The maximum atomic E-state index is 13.1. The second-order valence-corrected chi connectivity index (χ2v) is 7.34. The zero-order valence-corrected chi connectivity index (χ0v) is 19.7. The van der Waals surface area contributed by atoms with Crippen LogP contribution >= 0.6 is 12.4 Å². The van der Waals surface area contributed by atoms with Crippen LogP contribution < -0.4 is 21.9 Å². The number of hydrogen-bond donors (Lipinski definition) is 4. The number of rotatable bonds is 5. The first kappa shape index (κ1) is 31.6. The number of aromatic hydroxyl groups is 1. The number of primary amides is 1. The quantitative estimate of drug-likeness (QED) is 0.519. The van der Waals surface area contributed by atoms with E-state index in [1.165, 1.54) is 25.3 Å². The molecule has 0 aliphatic carbocycles. The number of carbonyl (C=O) groups excluding carboxylic acids is 1. The van der Waals surface area contributed by atoms with E-state index in [-0.39, 0.29) is 24.0 Å². The van der Waals surface area contributed by atoms with E-state index in [1.54, 1.807) is 32.9 Å². The molecule has 1 amide bonds. The topological polar surface area (TPSA) is 134 Å². The molecule has 0 heterocycles. The van der Waals surface area contributed by atoms with E-state index in [9.17, 15) is 13.6 Å². The van der Waals surface area contributed by atoms with Gasteiger partial charge in [0.05, 0.1) is 7.11 Å². The minimum atomic E-state index is -0.725. The smallest absolute Gasteiger partial charge is 0.405 e. The van der Waals surface area contributed by atoms with Gasteiger partial charge in [0.25, 0.3) is 0 Å². The van der Waals surface area contributed by atoms with Crippen molar-refractivity contribution in [1.82, 2.24) is 0 Å². The predicted octanol–water partition coefficient (Wildman–Crippen LogP) is 3.67. The van der Waals surface area contributed by atoms with E-state index < -0.39 is 17.5 Å². The highest BCUT2D eigenvalue weighted by atomic mass is 35.5. The summed E-state index contributed by atoms with van der Waals surface area (Å²) in [6, 6.07) is 8.87. The summed E-state index contributed by atoms with van der Waals surface area (Å²) in [4.78, 5) is 10.0. The number of halogens is 3. The Hall–Kier alpha value is -2.62. The van der Waals surface area contributed by atoms with Gasteiger partial charge in [-0.3, -0.25) is 0 Å². The molecule has 2 aromatic carbocycles. The highest BCUT2D eigenvalue weighted by molar-refractivity contribution is 5.85. The third-order valence-corrected chi connectivity index (χ3v) is 3.53. The van der Waals surface area contributed by atoms with Crippen molar-refractivity contribution >= 4 is 18.5 Å². The van der Waals surface area contributed by atoms with Gasteiger partial charge < -0.3 is 31.8 Å². The monoisotopic (exact) mass is 477 g/mol. The highest BCUT2D eigenvalue weighted by Crippen LogP contribution is 2.16. The molecular weight excluding hydrogens is 444 g/mol. The van der Waals surface area contributed by atoms with Crippen molar-refractivity contribution in [1.29, 1.82) is 0 Å². The molecular formula is C22H34ClF2N3O4. The molecule has 0 unspecified atom stereocenters. The van der Waals surface area contributed by atoms with Gasteiger partial charge in [0.1, 0.15) is 28.7 Å². The number of benzene rings is 2. The fraction of sp³-hybridized carbons (Fsp3) is 0.409. The summed E-state index contributed by atoms with van der Waals surface area (Å²) < 4.78 is 35.3. The minimum absolute atomic E-state index is 0. The van der Waals surface area contributed by atoms with Crippen LogP contribution in [0.4, 0.5) is 13.6 Å². The van der Waals surface area contributed by atoms with Crippen LogP contribution in [0.2, 0.25) is 0 Å². The van der Waals surface area contributed by atoms with E-state index in [0.29, 0.717) is 42.8 Å². The number of ether oxygens (including phenoxy) is 2. The predicted molar refractivity (Wildman–Crippen MR) is 124 cm³/mol. The fourth-order valence-corrected chi connectivity index (χ4v) is 2.21. The third-order valence-electron chi connectivity index (χ3n) is 3.53. The van der Waals surface area contributed by atoms with E-state index in [0.717, 1.165) is 6.07 Å². The maximum Gasteiger partial charge on any atom is 0.405 e. The Kier molecular flexibility index (Phi) is 15.9. The molecule has 7 N–H and O–H groups in total. The van der Waals surface area contributed by atoms with Gasteiger partial charge in [-0.25, -0.2) is 13.6 Å². The van der Waals surface area contributed by atoms with Crippen LogP contribution in [0.25, 0.3) is 0 Å². The summed E-state index contributed by atoms with van der Waals surface area (Å²) >= 11 is 0. The van der Waals surface area contributed by atoms with Crippen LogP contribution in [0.1, 0.15) is 31.9 Å². The first-order valence-electron chi connectivity index (χ1n) is 9.61. The molecule has 2 rings (SSSR count). The molecule has 0 aliphatic rings. The highest BCUT2D eigenvalue weighted by Gasteiger charge is 2.12. The van der Waals surface area contributed by atoms with Crippen LogP contribution in [0.15, 0.2) is 36.4 Å². The number of methoxy groups -OCH3 is 1. The van der Waals surface area contributed by atoms with Crippen LogP contribution in [0, 0.1) is 11.6 Å². The Bertz CT molecular complexity index is 818. The summed E-state index contributed by atoms with van der Waals surface area (Å²) in [7, 11) is 1.51. The molecule has 0 atom stereocenters. The van der Waals surface area contributed by atoms with Crippen LogP contribution in [-0.2, 0) is 17.6 Å². The number of hydrogen-bond acceptors (Lipinski definition) is 6. The molecule has 0 aromatic heterocycles. The molecule has 2 aromatic rings. The number of nitrogens with two attached hydrogens (primary N) is 3. The van der Waals surface area contributed by atoms with Gasteiger partial charge in [-0.05, 0) is 70.0 Å². The summed E-state index contributed by atoms with van der Waals surface area (Å²) in [5.74, 6) is -0.160. The number of phenols is 1. The van der Waals surface area contributed by atoms with Crippen molar-refractivity contribution in [2.75, 3.05) is 20.2 Å². The van der Waals surface area contributed by atoms with E-state index in [2.05, 4.69) is 4.74 Å². The van der Waals surface area contributed by atoms with Gasteiger partial charge in [0.15, 0.2) is 0 Å². The average Bonchev–Trinajstić information content (AvgIpc) is 2.65. The van der Waals surface area contributed by atoms with Crippen molar-refractivity contribution in [2.45, 2.75) is 39.2 Å². The lowest BCUT2D eigenvalue weighted by Crippen LogP contribution is -2.27. The molecule has 182 valence electrons. The zero-order valence-electron chi connectivity index (χ0n) is 18.9. The Morgan fingerprint density at radius 3 is 1.75 bits per heavy atom. The van der Waals surface area contributed by atoms with Gasteiger partial charge in [0.2, 0.25) is 0 Å². The first-order chi connectivity index (χ1) is 14.4. The van der Waals surface area contributed by atoms with E-state index in [4.69, 9.17) is 27.0 Å². The van der Waals surface area contributed by atoms with Crippen molar-refractivity contribution in [3.8, 4) is 11.5 Å². The standard InChI is InChI=1S/C9H12FNO.C8H10FNO.C5H11NO2.ClH/c1-12-8-3-2-7(4-5-11)9(10)6-8;9-8-5-7(11)2-1-6(8)3-4-10;1-5(2,3)8-4(6)7;/h2-3,6H,4-5,11H2,1H3;1-2,5,11H,3-4,10H2;1-3H3,(H2,6,7);1H. The summed E-state index contributed by atoms with van der Waals surface area (Å²) in [6.45, 7) is 6.16. The largest absolute Gasteiger partial charge is 0.508 e. The first-order valence-corrected chi connectivity index (χ1v) is 9.61. The Morgan fingerprint density at radius 1 is 0.969 bits per heavy atom. The molecule has 32 heavy (non-hydrogen) atoms. The lowest BCUT2D eigenvalue weighted by Gasteiger charge is -2.16. The molecule has 7 nitrogen and oxygen atoms in total. The Morgan fingerprint density at radius 2 is 1.44 bits per heavy atom. The van der Waals surface area contributed by atoms with E-state index in [1.807, 2.05) is 0 Å². The molecule has 0 saturated heterocycles. The molecule has 0 fully saturated rings. The molecule has 0 saturated carbocycles. The maximum absolute atomic E-state index is 13.1. The molecule has 0 radical (unpaired) electrons. The summed E-state index contributed by atoms with van der Waals surface area (Å²) in [6.07, 6.45) is 0.347. The fourth-order valence-electron chi connectivity index (χ4n) is 2.21. The normalized spacial score (nSPS) is 9.88. The molecule has 0 spiro atoms. The van der Waals surface area contributed by atoms with Crippen LogP contribution in [0.5, 0.6) is 11.5 Å². The Balaban J connectivity index is 0. The Labute approximate surface area is 194 Å². The minimum Gasteiger partial charge on any atom is -0.508 e. The third kappa shape index (κ3) is 14.4. The van der Waals surface area contributed by atoms with E-state index >= 15 is 0 Å². The molecule has 10 heteroatoms. The SMILES string of the molecule is CC(C)(C)OC(N)=O.COc1ccc(CCN)c(F)c1.Cl.NCCc1ccc(O)cc1F. The average molecular weight is 478 g/mol. The zero-order chi connectivity index (χ0) is 24.0. The van der Waals surface area contributed by atoms with Crippen LogP contribution in [0.3, 0.4) is 0 Å². The van der Waals surface area contributed by atoms with Crippen molar-refractivity contribution in [3.63, 3.8) is 0 Å². The van der Waals surface area contributed by atoms with Gasteiger partial charge >= 0.3 is 6.09 Å². The lowest BCUT2D eigenvalue weighted by molar-refractivity contribution is 0.0600. The molecule has 0 aliphatic heterocycles. The van der Waals surface area contributed by atoms with Crippen molar-refractivity contribution in [3.05, 3.63) is 59.2 Å². The number of carbonyl (C=O) groups is 1. The second kappa shape index (κ2) is 16.1. The van der Waals surface area contributed by atoms with Gasteiger partial charge in [-0.2, -0.15) is 0 Å². The number of amides is 1. The van der Waals surface area contributed by atoms with Gasteiger partial charge in [-0.1, -0.05) is 12.1 Å². The van der Waals surface area contributed by atoms with Gasteiger partial charge in [-0.15, -0.1) is 12.4 Å². The second-order valence-electron chi connectivity index (χ2n) is 7.34. The van der Waals surface area contributed by atoms with Crippen LogP contribution in [-0.4, -0.2) is 37.0 Å². The number of phenolic OH excluding ortho intramolecular Hbond substituents is 1. The summed E-state index contributed by atoms with van der Waals surface area (Å²) in [5.41, 5.74) is 16.0.